The topological polar surface area (TPSA) is 38.7 Å². The molecule has 0 bridgehead atoms. The zero-order valence-electron chi connectivity index (χ0n) is 27.3. The van der Waals surface area contributed by atoms with E-state index in [0.29, 0.717) is 0 Å². The number of hydrogen-bond donors (Lipinski definition) is 0. The lowest BCUT2D eigenvalue weighted by Gasteiger charge is -2.15. The monoisotopic (exact) mass is 665 g/mol. The van der Waals surface area contributed by atoms with E-state index in [-0.39, 0.29) is 0 Å². The molecular formula is C47H27N3S. The summed E-state index contributed by atoms with van der Waals surface area (Å²) in [6.07, 6.45) is 0. The van der Waals surface area contributed by atoms with Crippen molar-refractivity contribution in [2.75, 3.05) is 0 Å². The lowest BCUT2D eigenvalue weighted by atomic mass is 9.92. The summed E-state index contributed by atoms with van der Waals surface area (Å²) in [5.74, 6) is 0. The van der Waals surface area contributed by atoms with E-state index in [1.807, 2.05) is 17.4 Å². The Kier molecular flexibility index (Phi) is 6.12. The first-order chi connectivity index (χ1) is 25.3. The van der Waals surface area contributed by atoms with Crippen molar-refractivity contribution < 1.29 is 0 Å². The fourth-order valence-corrected chi connectivity index (χ4v) is 9.00. The van der Waals surface area contributed by atoms with Crippen LogP contribution in [0.3, 0.4) is 0 Å². The van der Waals surface area contributed by atoms with E-state index in [4.69, 9.17) is 15.0 Å². The second kappa shape index (κ2) is 11.0. The maximum atomic E-state index is 5.45. The summed E-state index contributed by atoms with van der Waals surface area (Å²) in [7, 11) is 0. The molecule has 3 nitrogen and oxygen atoms in total. The van der Waals surface area contributed by atoms with Crippen molar-refractivity contribution in [1.82, 2.24) is 15.0 Å². The van der Waals surface area contributed by atoms with E-state index in [2.05, 4.69) is 158 Å². The van der Waals surface area contributed by atoms with Crippen molar-refractivity contribution in [2.24, 2.45) is 0 Å². The number of hydrogen-bond acceptors (Lipinski definition) is 4. The fraction of sp³-hybridized carbons (Fsp3) is 0. The Morgan fingerprint density at radius 3 is 1.73 bits per heavy atom. The third-order valence-electron chi connectivity index (χ3n) is 10.2. The molecule has 0 N–H and O–H groups in total. The SMILES string of the molecule is c1ccc(-c2ccc3ccc4ccc(-c5ccc(-c6nc7ccc8sc9ccccc9c8c7c7ccccc67)c6ccccc56)nc4c3n2)cc1. The second-order valence-electron chi connectivity index (χ2n) is 13.1. The number of nitrogens with zero attached hydrogens (tertiary/aromatic N) is 3. The van der Waals surface area contributed by atoms with E-state index in [1.54, 1.807) is 0 Å². The third kappa shape index (κ3) is 4.33. The summed E-state index contributed by atoms with van der Waals surface area (Å²) in [6, 6.07) is 58.2. The third-order valence-corrected chi connectivity index (χ3v) is 11.4. The Morgan fingerprint density at radius 1 is 0.353 bits per heavy atom. The van der Waals surface area contributed by atoms with Crippen LogP contribution in [0, 0.1) is 0 Å². The van der Waals surface area contributed by atoms with Crippen LogP contribution in [0.5, 0.6) is 0 Å². The lowest BCUT2D eigenvalue weighted by molar-refractivity contribution is 1.37. The van der Waals surface area contributed by atoms with Gasteiger partial charge in [-0.3, -0.25) is 0 Å². The molecule has 0 aliphatic heterocycles. The molecule has 0 spiro atoms. The Balaban J connectivity index is 1.13. The van der Waals surface area contributed by atoms with E-state index >= 15 is 0 Å². The Labute approximate surface area is 297 Å². The predicted molar refractivity (Wildman–Crippen MR) is 217 cm³/mol. The number of rotatable bonds is 3. The van der Waals surface area contributed by atoms with Crippen molar-refractivity contribution >= 4 is 85.8 Å². The van der Waals surface area contributed by atoms with E-state index in [1.165, 1.54) is 30.9 Å². The molecule has 0 aliphatic carbocycles. The lowest BCUT2D eigenvalue weighted by Crippen LogP contribution is -1.94. The summed E-state index contributed by atoms with van der Waals surface area (Å²) in [4.78, 5) is 15.9. The summed E-state index contributed by atoms with van der Waals surface area (Å²) in [5, 5.41) is 10.6. The van der Waals surface area contributed by atoms with Crippen molar-refractivity contribution in [3.63, 3.8) is 0 Å². The molecule has 4 heteroatoms. The van der Waals surface area contributed by atoms with Gasteiger partial charge in [0.1, 0.15) is 0 Å². The molecule has 0 fully saturated rings. The van der Waals surface area contributed by atoms with Crippen LogP contribution < -0.4 is 0 Å². The molecule has 11 aromatic rings. The minimum atomic E-state index is 0.908. The van der Waals surface area contributed by atoms with Crippen LogP contribution in [0.15, 0.2) is 164 Å². The van der Waals surface area contributed by atoms with Crippen LogP contribution in [-0.4, -0.2) is 15.0 Å². The largest absolute Gasteiger partial charge is 0.247 e. The molecule has 0 atom stereocenters. The normalized spacial score (nSPS) is 11.9. The maximum Gasteiger partial charge on any atom is 0.0972 e. The number of benzene rings is 7. The summed E-state index contributed by atoms with van der Waals surface area (Å²) in [6.45, 7) is 0. The average Bonchev–Trinajstić information content (AvgIpc) is 3.59. The highest BCUT2D eigenvalue weighted by molar-refractivity contribution is 7.26. The first kappa shape index (κ1) is 28.4. The molecule has 4 heterocycles. The molecule has 11 rings (SSSR count). The van der Waals surface area contributed by atoms with Gasteiger partial charge in [0.15, 0.2) is 0 Å². The number of aromatic nitrogens is 3. The Bertz CT molecular complexity index is 3200. The molecule has 0 unspecified atom stereocenters. The van der Waals surface area contributed by atoms with E-state index in [0.717, 1.165) is 77.3 Å². The molecule has 0 saturated heterocycles. The van der Waals surface area contributed by atoms with Gasteiger partial charge >= 0.3 is 0 Å². The zero-order chi connectivity index (χ0) is 33.5. The van der Waals surface area contributed by atoms with Crippen molar-refractivity contribution in [2.45, 2.75) is 0 Å². The number of fused-ring (bicyclic) bond motifs is 11. The standard InChI is InChI=1S/C47H27N3S/c1-2-10-28(11-3-1)38-24-20-29-18-19-30-21-25-39(49-46(30)45(29)48-38)33-22-23-36(32-13-5-4-12-31(32)33)47-35-15-7-6-14-34(35)43-40(50-47)26-27-42-44(43)37-16-8-9-17-41(37)51-42/h1-27H. The minimum Gasteiger partial charge on any atom is -0.247 e. The second-order valence-corrected chi connectivity index (χ2v) is 14.2. The fourth-order valence-electron chi connectivity index (χ4n) is 7.88. The Morgan fingerprint density at radius 2 is 0.941 bits per heavy atom. The van der Waals surface area contributed by atoms with Crippen molar-refractivity contribution in [1.29, 1.82) is 0 Å². The van der Waals surface area contributed by atoms with Gasteiger partial charge in [-0.2, -0.15) is 0 Å². The molecule has 0 saturated carbocycles. The van der Waals surface area contributed by atoms with Gasteiger partial charge in [-0.05, 0) is 46.5 Å². The van der Waals surface area contributed by atoms with Crippen molar-refractivity contribution in [3.05, 3.63) is 164 Å². The van der Waals surface area contributed by atoms with Crippen LogP contribution in [0.4, 0.5) is 0 Å². The van der Waals surface area contributed by atoms with Gasteiger partial charge in [-0.1, -0.05) is 133 Å². The molecular weight excluding hydrogens is 639 g/mol. The number of thiophene rings is 1. The molecule has 51 heavy (non-hydrogen) atoms. The van der Waals surface area contributed by atoms with E-state index < -0.39 is 0 Å². The average molecular weight is 666 g/mol. The van der Waals surface area contributed by atoms with Gasteiger partial charge in [0.2, 0.25) is 0 Å². The highest BCUT2D eigenvalue weighted by Gasteiger charge is 2.18. The summed E-state index contributed by atoms with van der Waals surface area (Å²) < 4.78 is 2.60. The predicted octanol–water partition coefficient (Wildman–Crippen LogP) is 13.0. The Hall–Kier alpha value is -6.49. The zero-order valence-corrected chi connectivity index (χ0v) is 28.2. The van der Waals surface area contributed by atoms with Gasteiger partial charge in [-0.15, -0.1) is 11.3 Å². The quantitative estimate of drug-likeness (QED) is 0.176. The minimum absolute atomic E-state index is 0.908. The van der Waals surface area contributed by atoms with Crippen LogP contribution in [-0.2, 0) is 0 Å². The highest BCUT2D eigenvalue weighted by Crippen LogP contribution is 2.44. The maximum absolute atomic E-state index is 5.45. The van der Waals surface area contributed by atoms with Gasteiger partial charge < -0.3 is 0 Å². The van der Waals surface area contributed by atoms with Crippen LogP contribution in [0.1, 0.15) is 0 Å². The molecule has 0 amide bonds. The highest BCUT2D eigenvalue weighted by atomic mass is 32.1. The van der Waals surface area contributed by atoms with Crippen molar-refractivity contribution in [3.8, 4) is 33.8 Å². The molecule has 0 radical (unpaired) electrons. The van der Waals surface area contributed by atoms with Crippen LogP contribution >= 0.6 is 11.3 Å². The van der Waals surface area contributed by atoms with Gasteiger partial charge in [0.05, 0.1) is 33.6 Å². The first-order valence-electron chi connectivity index (χ1n) is 17.2. The molecule has 4 aromatic heterocycles. The van der Waals surface area contributed by atoms with Gasteiger partial charge in [0.25, 0.3) is 0 Å². The first-order valence-corrected chi connectivity index (χ1v) is 18.0. The van der Waals surface area contributed by atoms with E-state index in [9.17, 15) is 0 Å². The summed E-state index contributed by atoms with van der Waals surface area (Å²) in [5.41, 5.74) is 8.99. The number of pyridine rings is 3. The van der Waals surface area contributed by atoms with Crippen LogP contribution in [0.25, 0.3) is 108 Å². The van der Waals surface area contributed by atoms with Crippen LogP contribution in [0.2, 0.25) is 0 Å². The van der Waals surface area contributed by atoms with Gasteiger partial charge in [0, 0.05) is 58.4 Å². The smallest absolute Gasteiger partial charge is 0.0972 e. The summed E-state index contributed by atoms with van der Waals surface area (Å²) >= 11 is 1.85. The van der Waals surface area contributed by atoms with Gasteiger partial charge in [-0.25, -0.2) is 15.0 Å². The molecule has 236 valence electrons. The molecule has 7 aromatic carbocycles. The molecule has 0 aliphatic rings.